The second-order valence-electron chi connectivity index (χ2n) is 3.99. The standard InChI is InChI=1S/C12H18ClN3O3S/c1-3-16(4-2)20(18,19)11-7-9(5-6-10(11)13)15-12(17)8-14/h5-7H,3-4,8,14H2,1-2H3,(H,15,17). The summed E-state index contributed by atoms with van der Waals surface area (Å²) in [4.78, 5) is 11.2. The number of carbonyl (C=O) groups is 1. The van der Waals surface area contributed by atoms with Crippen LogP contribution in [0.25, 0.3) is 0 Å². The first-order valence-corrected chi connectivity index (χ1v) is 7.98. The van der Waals surface area contributed by atoms with E-state index in [-0.39, 0.29) is 16.5 Å². The summed E-state index contributed by atoms with van der Waals surface area (Å²) in [5.74, 6) is -0.404. The Balaban J connectivity index is 3.23. The first kappa shape index (κ1) is 16.9. The van der Waals surface area contributed by atoms with E-state index in [9.17, 15) is 13.2 Å². The van der Waals surface area contributed by atoms with Gasteiger partial charge in [0.25, 0.3) is 0 Å². The number of anilines is 1. The number of nitrogens with two attached hydrogens (primary N) is 1. The lowest BCUT2D eigenvalue weighted by molar-refractivity contribution is -0.114. The highest BCUT2D eigenvalue weighted by Crippen LogP contribution is 2.27. The van der Waals surface area contributed by atoms with Crippen LogP contribution >= 0.6 is 11.6 Å². The van der Waals surface area contributed by atoms with Crippen molar-refractivity contribution in [2.75, 3.05) is 25.0 Å². The predicted octanol–water partition coefficient (Wildman–Crippen LogP) is 1.27. The van der Waals surface area contributed by atoms with E-state index in [1.54, 1.807) is 13.8 Å². The molecule has 0 aliphatic rings. The van der Waals surface area contributed by atoms with Crippen molar-refractivity contribution in [3.63, 3.8) is 0 Å². The van der Waals surface area contributed by atoms with Crippen molar-refractivity contribution in [2.24, 2.45) is 5.73 Å². The lowest BCUT2D eigenvalue weighted by Crippen LogP contribution is -2.31. The van der Waals surface area contributed by atoms with Crippen LogP contribution in [0.15, 0.2) is 23.1 Å². The molecule has 0 unspecified atom stereocenters. The minimum Gasteiger partial charge on any atom is -0.325 e. The van der Waals surface area contributed by atoms with Crippen molar-refractivity contribution in [2.45, 2.75) is 18.7 Å². The average Bonchev–Trinajstić information content (AvgIpc) is 2.41. The molecule has 0 saturated carbocycles. The van der Waals surface area contributed by atoms with Gasteiger partial charge in [-0.1, -0.05) is 25.4 Å². The van der Waals surface area contributed by atoms with Crippen molar-refractivity contribution in [1.29, 1.82) is 0 Å². The van der Waals surface area contributed by atoms with Crippen molar-refractivity contribution in [3.8, 4) is 0 Å². The number of rotatable bonds is 6. The third kappa shape index (κ3) is 3.69. The molecule has 0 aliphatic heterocycles. The second kappa shape index (κ2) is 7.03. The van der Waals surface area contributed by atoms with Gasteiger partial charge in [0.05, 0.1) is 11.6 Å². The molecule has 0 aliphatic carbocycles. The van der Waals surface area contributed by atoms with Crippen LogP contribution in [0.5, 0.6) is 0 Å². The van der Waals surface area contributed by atoms with Gasteiger partial charge in [0, 0.05) is 18.8 Å². The van der Waals surface area contributed by atoms with Gasteiger partial charge in [0.1, 0.15) is 4.90 Å². The summed E-state index contributed by atoms with van der Waals surface area (Å²) < 4.78 is 26.1. The van der Waals surface area contributed by atoms with Gasteiger partial charge in [-0.2, -0.15) is 4.31 Å². The third-order valence-electron chi connectivity index (χ3n) is 2.72. The van der Waals surface area contributed by atoms with Crippen LogP contribution in [-0.2, 0) is 14.8 Å². The molecule has 1 aromatic carbocycles. The van der Waals surface area contributed by atoms with Crippen LogP contribution in [0.4, 0.5) is 5.69 Å². The zero-order chi connectivity index (χ0) is 15.3. The fraction of sp³-hybridized carbons (Fsp3) is 0.417. The van der Waals surface area contributed by atoms with Gasteiger partial charge < -0.3 is 11.1 Å². The maximum Gasteiger partial charge on any atom is 0.244 e. The number of nitrogens with zero attached hydrogens (tertiary/aromatic N) is 1. The minimum atomic E-state index is -3.68. The molecule has 0 fully saturated rings. The van der Waals surface area contributed by atoms with Gasteiger partial charge >= 0.3 is 0 Å². The van der Waals surface area contributed by atoms with Crippen molar-refractivity contribution in [1.82, 2.24) is 4.31 Å². The van der Waals surface area contributed by atoms with E-state index in [4.69, 9.17) is 17.3 Å². The Labute approximate surface area is 123 Å². The topological polar surface area (TPSA) is 92.5 Å². The van der Waals surface area contributed by atoms with Crippen molar-refractivity contribution >= 4 is 33.2 Å². The number of carbonyl (C=O) groups excluding carboxylic acids is 1. The van der Waals surface area contributed by atoms with Gasteiger partial charge in [-0.05, 0) is 18.2 Å². The first-order chi connectivity index (χ1) is 9.36. The van der Waals surface area contributed by atoms with E-state index in [1.165, 1.54) is 22.5 Å². The van der Waals surface area contributed by atoms with Gasteiger partial charge in [-0.15, -0.1) is 0 Å². The highest BCUT2D eigenvalue weighted by atomic mass is 35.5. The molecule has 3 N–H and O–H groups in total. The Morgan fingerprint density at radius 2 is 1.95 bits per heavy atom. The molecule has 0 atom stereocenters. The number of hydrogen-bond acceptors (Lipinski definition) is 4. The van der Waals surface area contributed by atoms with Crippen LogP contribution in [0, 0.1) is 0 Å². The van der Waals surface area contributed by atoms with E-state index in [0.717, 1.165) is 0 Å². The maximum atomic E-state index is 12.4. The van der Waals surface area contributed by atoms with Crippen LogP contribution < -0.4 is 11.1 Å². The third-order valence-corrected chi connectivity index (χ3v) is 5.26. The zero-order valence-corrected chi connectivity index (χ0v) is 13.0. The molecular formula is C12H18ClN3O3S. The number of benzene rings is 1. The molecule has 0 saturated heterocycles. The van der Waals surface area contributed by atoms with Crippen LogP contribution in [0.1, 0.15) is 13.8 Å². The van der Waals surface area contributed by atoms with Gasteiger partial charge in [0.2, 0.25) is 15.9 Å². The quantitative estimate of drug-likeness (QED) is 0.825. The fourth-order valence-corrected chi connectivity index (χ4v) is 3.65. The molecule has 1 aromatic rings. The monoisotopic (exact) mass is 319 g/mol. The lowest BCUT2D eigenvalue weighted by atomic mass is 10.3. The van der Waals surface area contributed by atoms with E-state index < -0.39 is 15.9 Å². The molecule has 6 nitrogen and oxygen atoms in total. The van der Waals surface area contributed by atoms with Crippen LogP contribution in [0.2, 0.25) is 5.02 Å². The molecular weight excluding hydrogens is 302 g/mol. The Kier molecular flexibility index (Phi) is 5.94. The molecule has 112 valence electrons. The van der Waals surface area contributed by atoms with E-state index >= 15 is 0 Å². The van der Waals surface area contributed by atoms with Gasteiger partial charge in [0.15, 0.2) is 0 Å². The largest absolute Gasteiger partial charge is 0.325 e. The number of amides is 1. The van der Waals surface area contributed by atoms with E-state index in [0.29, 0.717) is 18.8 Å². The Bertz CT molecular complexity index is 586. The SMILES string of the molecule is CCN(CC)S(=O)(=O)c1cc(NC(=O)CN)ccc1Cl. The fourth-order valence-electron chi connectivity index (χ4n) is 1.69. The summed E-state index contributed by atoms with van der Waals surface area (Å²) in [5.41, 5.74) is 5.54. The van der Waals surface area contributed by atoms with Gasteiger partial charge in [-0.25, -0.2) is 8.42 Å². The Morgan fingerprint density at radius 1 is 1.35 bits per heavy atom. The smallest absolute Gasteiger partial charge is 0.244 e. The molecule has 0 radical (unpaired) electrons. The first-order valence-electron chi connectivity index (χ1n) is 6.16. The average molecular weight is 320 g/mol. The molecule has 0 heterocycles. The maximum absolute atomic E-state index is 12.4. The number of nitrogens with one attached hydrogen (secondary N) is 1. The molecule has 0 spiro atoms. The van der Waals surface area contributed by atoms with Gasteiger partial charge in [-0.3, -0.25) is 4.79 Å². The summed E-state index contributed by atoms with van der Waals surface area (Å²) in [5, 5.41) is 2.61. The minimum absolute atomic E-state index is 0.0299. The van der Waals surface area contributed by atoms with Crippen molar-refractivity contribution < 1.29 is 13.2 Å². The van der Waals surface area contributed by atoms with Crippen LogP contribution in [-0.4, -0.2) is 38.3 Å². The lowest BCUT2D eigenvalue weighted by Gasteiger charge is -2.19. The molecule has 20 heavy (non-hydrogen) atoms. The highest BCUT2D eigenvalue weighted by Gasteiger charge is 2.24. The molecule has 1 rings (SSSR count). The highest BCUT2D eigenvalue weighted by molar-refractivity contribution is 7.89. The zero-order valence-electron chi connectivity index (χ0n) is 11.4. The summed E-state index contributed by atoms with van der Waals surface area (Å²) in [7, 11) is -3.68. The Hall–Kier alpha value is -1.15. The number of hydrogen-bond donors (Lipinski definition) is 2. The molecule has 8 heteroatoms. The van der Waals surface area contributed by atoms with E-state index in [1.807, 2.05) is 0 Å². The second-order valence-corrected chi connectivity index (χ2v) is 6.30. The number of sulfonamides is 1. The van der Waals surface area contributed by atoms with E-state index in [2.05, 4.69) is 5.32 Å². The predicted molar refractivity (Wildman–Crippen MR) is 79.2 cm³/mol. The summed E-state index contributed by atoms with van der Waals surface area (Å²) >= 11 is 5.97. The molecule has 0 bridgehead atoms. The number of halogens is 1. The molecule has 1 amide bonds. The van der Waals surface area contributed by atoms with Crippen LogP contribution in [0.3, 0.4) is 0 Å². The normalized spacial score (nSPS) is 11.7. The summed E-state index contributed by atoms with van der Waals surface area (Å²) in [6.45, 7) is 3.99. The van der Waals surface area contributed by atoms with Crippen molar-refractivity contribution in [3.05, 3.63) is 23.2 Å². The molecule has 0 aromatic heterocycles. The summed E-state index contributed by atoms with van der Waals surface area (Å²) in [6, 6.07) is 4.30. The summed E-state index contributed by atoms with van der Waals surface area (Å²) in [6.07, 6.45) is 0. The Morgan fingerprint density at radius 3 is 2.45 bits per heavy atom.